The number of carbonyl (C=O) groups excluding carboxylic acids is 8. The molecule has 27 nitrogen and oxygen atoms in total. The van der Waals surface area contributed by atoms with Crippen LogP contribution in [0, 0.1) is 27.1 Å². The average molecular weight is 1800 g/mol. The van der Waals surface area contributed by atoms with Crippen LogP contribution in [0.1, 0.15) is 364 Å². The summed E-state index contributed by atoms with van der Waals surface area (Å²) >= 11 is 0. The molecule has 3 aliphatic carbocycles. The highest BCUT2D eigenvalue weighted by molar-refractivity contribution is 5.78. The van der Waals surface area contributed by atoms with E-state index in [9.17, 15) is 38.4 Å². The van der Waals surface area contributed by atoms with Crippen molar-refractivity contribution < 1.29 is 128 Å². The van der Waals surface area contributed by atoms with Gasteiger partial charge in [0.15, 0.2) is 18.9 Å². The van der Waals surface area contributed by atoms with Crippen LogP contribution in [-0.2, 0) is 114 Å². The largest absolute Gasteiger partial charge is 0.509 e. The first-order valence-electron chi connectivity index (χ1n) is 47.2. The number of hydrogen-bond acceptors (Lipinski definition) is 27. The van der Waals surface area contributed by atoms with Gasteiger partial charge in [-0.15, -0.1) is 0 Å². The van der Waals surface area contributed by atoms with E-state index >= 15 is 0 Å². The predicted molar refractivity (Wildman–Crippen MR) is 483 cm³/mol. The Morgan fingerprint density at radius 1 is 0.315 bits per heavy atom. The zero-order chi connectivity index (χ0) is 95.0. The molecule has 11 atom stereocenters. The Bertz CT molecular complexity index is 3360. The van der Waals surface area contributed by atoms with Gasteiger partial charge in [-0.05, 0) is 246 Å². The zero-order valence-corrected chi connectivity index (χ0v) is 82.5. The van der Waals surface area contributed by atoms with E-state index in [4.69, 9.17) is 90.0 Å². The van der Waals surface area contributed by atoms with Crippen LogP contribution in [0.25, 0.3) is 0 Å². The Kier molecular flexibility index (Phi) is 48.7. The van der Waals surface area contributed by atoms with Crippen LogP contribution < -0.4 is 0 Å². The lowest BCUT2D eigenvalue weighted by atomic mass is 9.89. The highest BCUT2D eigenvalue weighted by Gasteiger charge is 2.43. The number of benzene rings is 2. The lowest BCUT2D eigenvalue weighted by Crippen LogP contribution is -2.43. The van der Waals surface area contributed by atoms with Gasteiger partial charge in [0.1, 0.15) is 47.3 Å². The summed E-state index contributed by atoms with van der Waals surface area (Å²) in [6.45, 7) is 52.3. The van der Waals surface area contributed by atoms with E-state index in [1.165, 1.54) is 6.42 Å². The molecule has 0 radical (unpaired) electrons. The topological polar surface area (TPSA) is 312 Å². The van der Waals surface area contributed by atoms with Gasteiger partial charge in [0.05, 0.1) is 90.1 Å². The molecule has 2 aromatic rings. The van der Waals surface area contributed by atoms with Gasteiger partial charge in [-0.1, -0.05) is 95.3 Å². The molecule has 6 fully saturated rings. The Morgan fingerprint density at radius 3 is 0.898 bits per heavy atom. The van der Waals surface area contributed by atoms with Crippen LogP contribution in [-0.4, -0.2) is 185 Å². The van der Waals surface area contributed by atoms with Crippen LogP contribution in [0.3, 0.4) is 0 Å². The second kappa shape index (κ2) is 54.9. The van der Waals surface area contributed by atoms with E-state index in [1.807, 2.05) is 140 Å². The lowest BCUT2D eigenvalue weighted by Gasteiger charge is -2.39. The molecule has 127 heavy (non-hydrogen) atoms. The smallest absolute Gasteiger partial charge is 0.465 e. The molecule has 8 rings (SSSR count). The third-order valence-electron chi connectivity index (χ3n) is 23.4. The zero-order valence-electron chi connectivity index (χ0n) is 82.5. The first-order chi connectivity index (χ1) is 59.4. The second-order valence-electron chi connectivity index (χ2n) is 40.5. The predicted octanol–water partition coefficient (Wildman–Crippen LogP) is 22.5. The Labute approximate surface area is 761 Å². The van der Waals surface area contributed by atoms with Gasteiger partial charge in [-0.2, -0.15) is 0 Å². The fourth-order valence-corrected chi connectivity index (χ4v) is 13.5. The number of hydrogen-bond donors (Lipinski definition) is 0. The molecule has 3 aliphatic heterocycles. The first kappa shape index (κ1) is 113. The second-order valence-corrected chi connectivity index (χ2v) is 40.5. The summed E-state index contributed by atoms with van der Waals surface area (Å²) in [5.74, 6) is -0.978. The van der Waals surface area contributed by atoms with Crippen LogP contribution in [0.15, 0.2) is 60.7 Å². The SMILES string of the molecule is CCC(C)(C)C(=O)OC1CC(OC(=O)OC(C)(C)C)CC(OC(=O)OC(C)(C)C)C1.CCC(C)(C)C(=O)OC1CC(OC(C)c2ccccc2)CC(OC(C)c2ccccc2)C1.CCC(C)(C)C(=O)OC1CC(OC2CCCCO2)CC(OC2CCCCO2)C1.CCC(C)(C)C(=O)OCCCOC(=O)OC(C)(C)C.CCC(C)(C)C(=O)OCCCOC1CCCCO1. The Hall–Kier alpha value is -6.72. The maximum absolute atomic E-state index is 12.8. The van der Waals surface area contributed by atoms with Crippen molar-refractivity contribution in [2.75, 3.05) is 46.2 Å². The van der Waals surface area contributed by atoms with Gasteiger partial charge >= 0.3 is 48.3 Å². The minimum Gasteiger partial charge on any atom is -0.465 e. The molecule has 11 unspecified atom stereocenters. The standard InChI is InChI=1S/C28H38O4.C22H38O8.C22H38O6.C14H26O5.C14H26O4/c1-6-28(4,5)27(29)32-26-18-24(30-20(2)22-13-9-7-10-14-22)17-25(19-26)31-21(3)23-15-11-8-12-16-23;1-10-22(8,9)17(23)26-14-11-15(27-18(24)29-20(2,3)4)13-16(12-14)28-19(25)30-21(5,6)7;1-4-22(2,3)21(23)28-18-14-16(26-19-9-5-7-11-24-19)13-17(15-18)27-20-10-6-8-12-25-20;1-7-14(5,6)11(15)17-9-8-10-18-12(16)19-13(2,3)4;1-4-14(2,3)13(15)18-11-7-10-17-12-8-5-6-9-16-12/h7-16,20-21,24-26H,6,17-19H2,1-5H3;14-16H,10-13H2,1-9H3;16-20H,4-15H2,1-3H3;7-10H2,1-6H3;12H,4-11H2,1-3H3. The molecule has 27 heteroatoms. The maximum Gasteiger partial charge on any atom is 0.509 e. The summed E-state index contributed by atoms with van der Waals surface area (Å²) < 4.78 is 107. The van der Waals surface area contributed by atoms with E-state index < -0.39 is 75.2 Å². The summed E-state index contributed by atoms with van der Waals surface area (Å²) in [6, 6.07) is 20.5. The lowest BCUT2D eigenvalue weighted by molar-refractivity contribution is -0.235. The van der Waals surface area contributed by atoms with Crippen molar-refractivity contribution in [3.63, 3.8) is 0 Å². The van der Waals surface area contributed by atoms with Gasteiger partial charge in [-0.25, -0.2) is 14.4 Å². The molecule has 0 aromatic heterocycles. The molecule has 0 spiro atoms. The van der Waals surface area contributed by atoms with Crippen molar-refractivity contribution >= 4 is 48.3 Å². The summed E-state index contributed by atoms with van der Waals surface area (Å²) in [6.07, 6.45) is 14.7. The van der Waals surface area contributed by atoms with Gasteiger partial charge in [0.25, 0.3) is 0 Å². The molecular weight excluding hydrogens is 1630 g/mol. The van der Waals surface area contributed by atoms with Crippen molar-refractivity contribution in [3.8, 4) is 0 Å². The molecule has 0 amide bonds. The molecule has 0 N–H and O–H groups in total. The van der Waals surface area contributed by atoms with Gasteiger partial charge in [-0.3, -0.25) is 24.0 Å². The summed E-state index contributed by atoms with van der Waals surface area (Å²) in [4.78, 5) is 96.6. The van der Waals surface area contributed by atoms with Crippen LogP contribution >= 0.6 is 0 Å². The minimum atomic E-state index is -0.815. The highest BCUT2D eigenvalue weighted by Crippen LogP contribution is 2.38. The maximum atomic E-state index is 12.8. The molecular formula is C100H166O27. The van der Waals surface area contributed by atoms with E-state index in [-0.39, 0.29) is 123 Å². The summed E-state index contributed by atoms with van der Waals surface area (Å²) in [7, 11) is 0. The summed E-state index contributed by atoms with van der Waals surface area (Å²) in [5, 5.41) is 0. The molecule has 728 valence electrons. The summed E-state index contributed by atoms with van der Waals surface area (Å²) in [5.41, 5.74) is -2.11. The first-order valence-corrected chi connectivity index (χ1v) is 47.2. The fraction of sp³-hybridized carbons (Fsp3) is 0.800. The van der Waals surface area contributed by atoms with Gasteiger partial charge in [0, 0.05) is 90.4 Å². The van der Waals surface area contributed by atoms with Crippen molar-refractivity contribution in [3.05, 3.63) is 71.8 Å². The van der Waals surface area contributed by atoms with E-state index in [1.54, 1.807) is 62.3 Å². The molecule has 6 aliphatic rings. The molecule has 3 saturated carbocycles. The van der Waals surface area contributed by atoms with Gasteiger partial charge < -0.3 is 90.0 Å². The van der Waals surface area contributed by atoms with Crippen LogP contribution in [0.4, 0.5) is 14.4 Å². The molecule has 0 bridgehead atoms. The molecule has 3 saturated heterocycles. The van der Waals surface area contributed by atoms with Crippen molar-refractivity contribution in [1.29, 1.82) is 0 Å². The average Bonchev–Trinajstić information content (AvgIpc) is 0.828. The highest BCUT2D eigenvalue weighted by atomic mass is 16.8. The Balaban J connectivity index is 0.000000339. The normalized spacial score (nSPS) is 23.6. The van der Waals surface area contributed by atoms with E-state index in [0.29, 0.717) is 64.6 Å². The van der Waals surface area contributed by atoms with Crippen molar-refractivity contribution in [2.24, 2.45) is 27.1 Å². The third kappa shape index (κ3) is 45.8. The monoisotopic (exact) mass is 1800 g/mol. The Morgan fingerprint density at radius 2 is 0.583 bits per heavy atom. The van der Waals surface area contributed by atoms with E-state index in [0.717, 1.165) is 127 Å². The minimum absolute atomic E-state index is 0.0204. The van der Waals surface area contributed by atoms with E-state index in [2.05, 4.69) is 38.1 Å². The van der Waals surface area contributed by atoms with Crippen molar-refractivity contribution in [1.82, 2.24) is 0 Å². The number of carbonyl (C=O) groups is 8. The van der Waals surface area contributed by atoms with Crippen LogP contribution in [0.5, 0.6) is 0 Å². The quantitative estimate of drug-likeness (QED) is 0.0357. The fourth-order valence-electron chi connectivity index (χ4n) is 13.5. The number of ether oxygens (including phenoxy) is 19. The number of esters is 5. The number of rotatable bonds is 34. The van der Waals surface area contributed by atoms with Crippen LogP contribution in [0.2, 0.25) is 0 Å². The molecule has 2 aromatic carbocycles. The third-order valence-corrected chi connectivity index (χ3v) is 23.4. The van der Waals surface area contributed by atoms with Gasteiger partial charge in [0.2, 0.25) is 0 Å². The van der Waals surface area contributed by atoms with Crippen molar-refractivity contribution in [2.45, 2.75) is 443 Å². The molecule has 3 heterocycles.